The number of hydrogen-bond donors (Lipinski definition) is 2. The smallest absolute Gasteiger partial charge is 0.118 e. The first kappa shape index (κ1) is 12.2. The van der Waals surface area contributed by atoms with Crippen molar-refractivity contribution in [3.63, 3.8) is 0 Å². The monoisotopic (exact) mass is 270 g/mol. The second-order valence-corrected chi connectivity index (χ2v) is 4.27. The molecule has 0 amide bonds. The number of halogens is 1. The maximum atomic E-state index is 7.94. The molecule has 1 aromatic carbocycles. The zero-order valence-corrected chi connectivity index (χ0v) is 10.5. The first-order valence-corrected chi connectivity index (χ1v) is 5.62. The van der Waals surface area contributed by atoms with Gasteiger partial charge in [0.1, 0.15) is 5.75 Å². The Hall–Kier alpha value is -0.870. The molecule has 1 unspecified atom stereocenters. The van der Waals surface area contributed by atoms with E-state index in [-0.39, 0.29) is 4.83 Å². The Morgan fingerprint density at radius 1 is 1.47 bits per heavy atom. The summed E-state index contributed by atoms with van der Waals surface area (Å²) >= 11 is 3.46. The number of alkyl halides is 1. The minimum atomic E-state index is 0.0379. The molecule has 0 aliphatic carbocycles. The number of methoxy groups -OCH3 is 1. The highest BCUT2D eigenvalue weighted by atomic mass is 79.9. The van der Waals surface area contributed by atoms with Crippen LogP contribution in [0.25, 0.3) is 0 Å². The topological polar surface area (TPSA) is 45.1 Å². The quantitative estimate of drug-likeness (QED) is 0.636. The molecule has 1 atom stereocenters. The summed E-state index contributed by atoms with van der Waals surface area (Å²) in [7, 11) is 3.50. The maximum absolute atomic E-state index is 7.94. The Balaban J connectivity index is 2.73. The summed E-state index contributed by atoms with van der Waals surface area (Å²) in [4.78, 5) is 0.0379. The van der Waals surface area contributed by atoms with Crippen LogP contribution in [-0.2, 0) is 0 Å². The molecule has 82 valence electrons. The Bertz CT molecular complexity index is 324. The highest BCUT2D eigenvalue weighted by Gasteiger charge is 2.11. The largest absolute Gasteiger partial charge is 0.497 e. The third-order valence-corrected chi connectivity index (χ3v) is 2.88. The van der Waals surface area contributed by atoms with Crippen molar-refractivity contribution in [3.05, 3.63) is 29.8 Å². The van der Waals surface area contributed by atoms with Crippen LogP contribution in [-0.4, -0.2) is 31.2 Å². The van der Waals surface area contributed by atoms with Gasteiger partial charge in [0.2, 0.25) is 0 Å². The second kappa shape index (κ2) is 5.88. The van der Waals surface area contributed by atoms with Gasteiger partial charge in [0.15, 0.2) is 0 Å². The molecule has 3 nitrogen and oxygen atoms in total. The van der Waals surface area contributed by atoms with Crippen molar-refractivity contribution >= 4 is 21.6 Å². The van der Waals surface area contributed by atoms with Crippen LogP contribution < -0.4 is 10.1 Å². The van der Waals surface area contributed by atoms with Gasteiger partial charge in [-0.2, -0.15) is 0 Å². The van der Waals surface area contributed by atoms with Crippen molar-refractivity contribution in [2.24, 2.45) is 0 Å². The van der Waals surface area contributed by atoms with Gasteiger partial charge in [0.25, 0.3) is 0 Å². The highest BCUT2D eigenvalue weighted by molar-refractivity contribution is 9.10. The molecular formula is C11H15BrN2O. The molecule has 0 aliphatic heterocycles. The van der Waals surface area contributed by atoms with Crippen molar-refractivity contribution in [2.75, 3.05) is 20.7 Å². The van der Waals surface area contributed by atoms with Gasteiger partial charge in [-0.25, -0.2) is 0 Å². The van der Waals surface area contributed by atoms with Gasteiger partial charge in [-0.1, -0.05) is 15.9 Å². The Labute approximate surface area is 98.5 Å². The third kappa shape index (κ3) is 3.32. The normalized spacial score (nSPS) is 12.2. The van der Waals surface area contributed by atoms with Crippen molar-refractivity contribution in [1.29, 1.82) is 5.41 Å². The van der Waals surface area contributed by atoms with E-state index in [2.05, 4.69) is 21.2 Å². The molecule has 1 aromatic rings. The van der Waals surface area contributed by atoms with Gasteiger partial charge in [-0.05, 0) is 36.9 Å². The van der Waals surface area contributed by atoms with Gasteiger partial charge >= 0.3 is 0 Å². The lowest BCUT2D eigenvalue weighted by Gasteiger charge is -2.11. The minimum Gasteiger partial charge on any atom is -0.497 e. The van der Waals surface area contributed by atoms with Crippen molar-refractivity contribution in [2.45, 2.75) is 4.83 Å². The molecule has 0 spiro atoms. The average Bonchev–Trinajstić information content (AvgIpc) is 2.28. The van der Waals surface area contributed by atoms with Crippen LogP contribution >= 0.6 is 15.9 Å². The molecule has 0 bridgehead atoms. The van der Waals surface area contributed by atoms with E-state index in [1.165, 1.54) is 0 Å². The maximum Gasteiger partial charge on any atom is 0.118 e. The molecule has 15 heavy (non-hydrogen) atoms. The van der Waals surface area contributed by atoms with Crippen LogP contribution in [0.3, 0.4) is 0 Å². The van der Waals surface area contributed by atoms with E-state index >= 15 is 0 Å². The van der Waals surface area contributed by atoms with Crippen molar-refractivity contribution in [3.8, 4) is 5.75 Å². The summed E-state index contributed by atoms with van der Waals surface area (Å²) < 4.78 is 5.06. The number of hydrogen-bond acceptors (Lipinski definition) is 3. The molecular weight excluding hydrogens is 256 g/mol. The first-order valence-electron chi connectivity index (χ1n) is 4.70. The number of benzene rings is 1. The van der Waals surface area contributed by atoms with E-state index in [0.717, 1.165) is 17.9 Å². The molecule has 0 aliphatic rings. The summed E-state index contributed by atoms with van der Waals surface area (Å²) in [5.41, 5.74) is 1.49. The lowest BCUT2D eigenvalue weighted by molar-refractivity contribution is 0.415. The summed E-state index contributed by atoms with van der Waals surface area (Å²) in [5, 5.41) is 11.0. The van der Waals surface area contributed by atoms with E-state index in [0.29, 0.717) is 5.71 Å². The molecule has 0 saturated heterocycles. The van der Waals surface area contributed by atoms with Gasteiger partial charge < -0.3 is 15.5 Å². The molecule has 2 N–H and O–H groups in total. The zero-order valence-electron chi connectivity index (χ0n) is 8.88. The van der Waals surface area contributed by atoms with Crippen molar-refractivity contribution < 1.29 is 4.74 Å². The minimum absolute atomic E-state index is 0.0379. The Morgan fingerprint density at radius 2 is 2.07 bits per heavy atom. The molecule has 0 radical (unpaired) electrons. The van der Waals surface area contributed by atoms with E-state index in [1.807, 2.05) is 31.3 Å². The Kier molecular flexibility index (Phi) is 4.78. The van der Waals surface area contributed by atoms with Crippen LogP contribution in [0.2, 0.25) is 0 Å². The van der Waals surface area contributed by atoms with Crippen LogP contribution in [0.5, 0.6) is 5.75 Å². The van der Waals surface area contributed by atoms with Crippen LogP contribution in [0, 0.1) is 5.41 Å². The molecule has 0 heterocycles. The fourth-order valence-corrected chi connectivity index (χ4v) is 1.82. The van der Waals surface area contributed by atoms with Crippen LogP contribution in [0.1, 0.15) is 5.56 Å². The van der Waals surface area contributed by atoms with Gasteiger partial charge in [0.05, 0.1) is 17.6 Å². The predicted molar refractivity (Wildman–Crippen MR) is 66.5 cm³/mol. The van der Waals surface area contributed by atoms with Gasteiger partial charge in [0, 0.05) is 6.54 Å². The molecule has 1 rings (SSSR count). The standard InChI is InChI=1S/C11H15BrN2O/c1-14-7-10(12)11(13)8-3-5-9(15-2)6-4-8/h3-6,10,13-14H,7H2,1-2H3. The predicted octanol–water partition coefficient (Wildman–Crippen LogP) is 2.05. The fourth-order valence-electron chi connectivity index (χ4n) is 1.23. The van der Waals surface area contributed by atoms with Crippen molar-refractivity contribution in [1.82, 2.24) is 5.32 Å². The van der Waals surface area contributed by atoms with Crippen LogP contribution in [0.15, 0.2) is 24.3 Å². The van der Waals surface area contributed by atoms with Gasteiger partial charge in [-0.3, -0.25) is 0 Å². The molecule has 0 aromatic heterocycles. The SMILES string of the molecule is CNCC(Br)C(=N)c1ccc(OC)cc1. The van der Waals surface area contributed by atoms with E-state index in [4.69, 9.17) is 10.1 Å². The summed E-state index contributed by atoms with van der Waals surface area (Å²) in [5.74, 6) is 0.811. The summed E-state index contributed by atoms with van der Waals surface area (Å²) in [6, 6.07) is 7.52. The van der Waals surface area contributed by atoms with Crippen LogP contribution in [0.4, 0.5) is 0 Å². The average molecular weight is 271 g/mol. The number of nitrogens with one attached hydrogen (secondary N) is 2. The lowest BCUT2D eigenvalue weighted by Crippen LogP contribution is -2.26. The fraction of sp³-hybridized carbons (Fsp3) is 0.364. The molecule has 0 fully saturated rings. The van der Waals surface area contributed by atoms with E-state index in [9.17, 15) is 0 Å². The zero-order chi connectivity index (χ0) is 11.3. The first-order chi connectivity index (χ1) is 7.19. The highest BCUT2D eigenvalue weighted by Crippen LogP contribution is 2.14. The number of ether oxygens (including phenoxy) is 1. The summed E-state index contributed by atoms with van der Waals surface area (Å²) in [6.45, 7) is 0.741. The lowest BCUT2D eigenvalue weighted by atomic mass is 10.1. The number of rotatable bonds is 5. The third-order valence-electron chi connectivity index (χ3n) is 2.10. The Morgan fingerprint density at radius 3 is 2.53 bits per heavy atom. The molecule has 0 saturated carbocycles. The van der Waals surface area contributed by atoms with E-state index < -0.39 is 0 Å². The molecule has 4 heteroatoms. The summed E-state index contributed by atoms with van der Waals surface area (Å²) in [6.07, 6.45) is 0. The second-order valence-electron chi connectivity index (χ2n) is 3.17. The van der Waals surface area contributed by atoms with Gasteiger partial charge in [-0.15, -0.1) is 0 Å². The van der Waals surface area contributed by atoms with E-state index in [1.54, 1.807) is 7.11 Å².